The zero-order valence-corrected chi connectivity index (χ0v) is 29.4. The molecule has 0 saturated carbocycles. The van der Waals surface area contributed by atoms with Crippen molar-refractivity contribution in [2.45, 2.75) is 83.8 Å². The summed E-state index contributed by atoms with van der Waals surface area (Å²) in [4.78, 5) is 30.8. The second-order valence-electron chi connectivity index (χ2n) is 13.4. The smallest absolute Gasteiger partial charge is 0.302 e. The molecule has 0 aliphatic carbocycles. The van der Waals surface area contributed by atoms with E-state index in [2.05, 4.69) is 41.3 Å². The summed E-state index contributed by atoms with van der Waals surface area (Å²) in [5, 5.41) is 1.01. The van der Waals surface area contributed by atoms with Crippen LogP contribution in [0.25, 0.3) is 0 Å². The van der Waals surface area contributed by atoms with Crippen LogP contribution in [-0.4, -0.2) is 66.6 Å². The lowest BCUT2D eigenvalue weighted by Crippen LogP contribution is -2.59. The van der Waals surface area contributed by atoms with Gasteiger partial charge in [0.2, 0.25) is 5.91 Å². The van der Waals surface area contributed by atoms with E-state index in [9.17, 15) is 9.59 Å². The van der Waals surface area contributed by atoms with Gasteiger partial charge in [0.25, 0.3) is 0 Å². The molecule has 8 heteroatoms. The minimum absolute atomic E-state index is 0.0545. The van der Waals surface area contributed by atoms with Crippen LogP contribution in [0.15, 0.2) is 72.8 Å². The summed E-state index contributed by atoms with van der Waals surface area (Å²) in [6, 6.07) is 24.6. The van der Waals surface area contributed by atoms with Crippen molar-refractivity contribution in [1.82, 2.24) is 9.80 Å². The number of piperidine rings is 2. The fourth-order valence-electron chi connectivity index (χ4n) is 7.70. The number of nitrogens with zero attached hydrogens (tertiary/aromatic N) is 2. The highest BCUT2D eigenvalue weighted by molar-refractivity contribution is 6.42. The topological polar surface area (TPSA) is 59.1 Å². The molecule has 1 amide bonds. The Labute approximate surface area is 290 Å². The van der Waals surface area contributed by atoms with E-state index in [4.69, 9.17) is 32.7 Å². The van der Waals surface area contributed by atoms with Crippen LogP contribution in [0.2, 0.25) is 10.0 Å². The molecule has 2 fully saturated rings. The zero-order valence-electron chi connectivity index (χ0n) is 27.9. The highest BCUT2D eigenvalue weighted by atomic mass is 35.5. The first-order chi connectivity index (χ1) is 22.6. The third kappa shape index (κ3) is 9.10. The van der Waals surface area contributed by atoms with E-state index in [0.29, 0.717) is 42.6 Å². The maximum absolute atomic E-state index is 14.0. The van der Waals surface area contributed by atoms with Gasteiger partial charge in [0, 0.05) is 32.0 Å². The molecule has 0 radical (unpaired) electrons. The Morgan fingerprint density at radius 3 is 2.34 bits per heavy atom. The first-order valence-corrected chi connectivity index (χ1v) is 17.8. The van der Waals surface area contributed by atoms with Crippen LogP contribution in [0, 0.1) is 5.41 Å². The molecule has 5 rings (SSSR count). The third-order valence-electron chi connectivity index (χ3n) is 9.91. The number of amides is 1. The Morgan fingerprint density at radius 1 is 0.894 bits per heavy atom. The van der Waals surface area contributed by atoms with E-state index in [1.54, 1.807) is 0 Å². The Bertz CT molecular complexity index is 1490. The molecule has 0 aromatic heterocycles. The molecule has 252 valence electrons. The summed E-state index contributed by atoms with van der Waals surface area (Å²) in [7, 11) is 0. The molecule has 0 bridgehead atoms. The summed E-state index contributed by atoms with van der Waals surface area (Å²) in [5.41, 5.74) is 2.97. The quantitative estimate of drug-likeness (QED) is 0.180. The highest BCUT2D eigenvalue weighted by Crippen LogP contribution is 2.52. The molecule has 3 atom stereocenters. The molecule has 3 unspecified atom stereocenters. The number of esters is 1. The molecule has 3 aromatic carbocycles. The normalized spacial score (nSPS) is 21.0. The van der Waals surface area contributed by atoms with Gasteiger partial charge in [-0.25, -0.2) is 0 Å². The van der Waals surface area contributed by atoms with E-state index in [0.717, 1.165) is 55.6 Å². The summed E-state index contributed by atoms with van der Waals surface area (Å²) < 4.78 is 11.6. The number of carbonyl (C=O) groups is 2. The predicted molar refractivity (Wildman–Crippen MR) is 189 cm³/mol. The van der Waals surface area contributed by atoms with Crippen molar-refractivity contribution < 1.29 is 19.1 Å². The lowest BCUT2D eigenvalue weighted by atomic mass is 9.59. The van der Waals surface area contributed by atoms with Crippen molar-refractivity contribution in [2.75, 3.05) is 32.8 Å². The molecule has 0 spiro atoms. The number of halogens is 2. The van der Waals surface area contributed by atoms with Crippen molar-refractivity contribution >= 4 is 35.1 Å². The molecule has 0 N–H and O–H groups in total. The van der Waals surface area contributed by atoms with Crippen molar-refractivity contribution in [1.29, 1.82) is 0 Å². The van der Waals surface area contributed by atoms with Crippen LogP contribution in [-0.2, 0) is 27.2 Å². The second kappa shape index (κ2) is 16.4. The zero-order chi connectivity index (χ0) is 33.4. The lowest BCUT2D eigenvalue weighted by Gasteiger charge is -2.56. The Hall–Kier alpha value is -3.06. The monoisotopic (exact) mass is 678 g/mol. The van der Waals surface area contributed by atoms with Crippen molar-refractivity contribution in [3.8, 4) is 5.75 Å². The van der Waals surface area contributed by atoms with Crippen molar-refractivity contribution in [3.05, 3.63) is 99.5 Å². The van der Waals surface area contributed by atoms with E-state index in [-0.39, 0.29) is 35.4 Å². The van der Waals surface area contributed by atoms with Gasteiger partial charge in [-0.05, 0) is 105 Å². The molecule has 2 aliphatic heterocycles. The SMILES string of the molecule is CC(=O)OCCC1(C(Cc2ccccc2)N2CCCCC2)CCN(C(=O)Cc2cccc(OC(C)C)c2)CC1c1ccc(Cl)c(Cl)c1. The van der Waals surface area contributed by atoms with Crippen LogP contribution in [0.1, 0.15) is 75.5 Å². The van der Waals surface area contributed by atoms with Crippen LogP contribution < -0.4 is 4.74 Å². The largest absolute Gasteiger partial charge is 0.491 e. The minimum Gasteiger partial charge on any atom is -0.491 e. The predicted octanol–water partition coefficient (Wildman–Crippen LogP) is 8.38. The van der Waals surface area contributed by atoms with Gasteiger partial charge < -0.3 is 14.4 Å². The maximum atomic E-state index is 14.0. The minimum atomic E-state index is -0.304. The molecular formula is C39H48Cl2N2O4. The molecular weight excluding hydrogens is 631 g/mol. The summed E-state index contributed by atoms with van der Waals surface area (Å²) in [6.45, 7) is 9.00. The Kier molecular flexibility index (Phi) is 12.3. The highest BCUT2D eigenvalue weighted by Gasteiger charge is 2.51. The molecule has 6 nitrogen and oxygen atoms in total. The fourth-order valence-corrected chi connectivity index (χ4v) is 8.01. The van der Waals surface area contributed by atoms with Crippen LogP contribution in [0.3, 0.4) is 0 Å². The van der Waals surface area contributed by atoms with Gasteiger partial charge in [-0.15, -0.1) is 0 Å². The van der Waals surface area contributed by atoms with Gasteiger partial charge in [-0.1, -0.05) is 78.2 Å². The Morgan fingerprint density at radius 2 is 1.64 bits per heavy atom. The van der Waals surface area contributed by atoms with E-state index in [1.807, 2.05) is 55.1 Å². The van der Waals surface area contributed by atoms with Crippen LogP contribution in [0.5, 0.6) is 5.75 Å². The van der Waals surface area contributed by atoms with Crippen LogP contribution in [0.4, 0.5) is 0 Å². The van der Waals surface area contributed by atoms with Crippen LogP contribution >= 0.6 is 23.2 Å². The number of carbonyl (C=O) groups excluding carboxylic acids is 2. The lowest BCUT2D eigenvalue weighted by molar-refractivity contribution is -0.143. The molecule has 2 aliphatic rings. The average Bonchev–Trinajstić information content (AvgIpc) is 3.05. The summed E-state index contributed by atoms with van der Waals surface area (Å²) in [5.74, 6) is 0.521. The van der Waals surface area contributed by atoms with E-state index < -0.39 is 0 Å². The number of benzene rings is 3. The van der Waals surface area contributed by atoms with Gasteiger partial charge in [-0.2, -0.15) is 0 Å². The van der Waals surface area contributed by atoms with Gasteiger partial charge in [-0.3, -0.25) is 14.5 Å². The van der Waals surface area contributed by atoms with E-state index >= 15 is 0 Å². The number of hydrogen-bond acceptors (Lipinski definition) is 5. The Balaban J connectivity index is 1.54. The molecule has 3 aromatic rings. The van der Waals surface area contributed by atoms with Gasteiger partial charge in [0.1, 0.15) is 5.75 Å². The number of rotatable bonds is 12. The van der Waals surface area contributed by atoms with Gasteiger partial charge >= 0.3 is 5.97 Å². The average molecular weight is 680 g/mol. The number of likely N-dealkylation sites (tertiary alicyclic amines) is 2. The van der Waals surface area contributed by atoms with Crippen molar-refractivity contribution in [2.24, 2.45) is 5.41 Å². The summed E-state index contributed by atoms with van der Waals surface area (Å²) in [6.07, 6.45) is 6.23. The number of hydrogen-bond donors (Lipinski definition) is 0. The van der Waals surface area contributed by atoms with Gasteiger partial charge in [0.15, 0.2) is 0 Å². The second-order valence-corrected chi connectivity index (χ2v) is 14.2. The standard InChI is InChI=1S/C39H48Cl2N2O4/c1-28(2)47-33-14-10-13-31(23-33)25-38(45)43-21-17-39(18-22-46-29(3)44,34(27-43)32-15-16-35(40)36(41)26-32)37(42-19-8-5-9-20-42)24-30-11-6-4-7-12-30/h4,6-7,10-16,23,26,28,34,37H,5,8-9,17-22,24-25,27H2,1-3H3. The third-order valence-corrected chi connectivity index (χ3v) is 10.6. The molecule has 2 heterocycles. The maximum Gasteiger partial charge on any atom is 0.302 e. The first-order valence-electron chi connectivity index (χ1n) is 17.0. The van der Waals surface area contributed by atoms with E-state index in [1.165, 1.54) is 18.9 Å². The molecule has 2 saturated heterocycles. The fraction of sp³-hybridized carbons (Fsp3) is 0.487. The summed E-state index contributed by atoms with van der Waals surface area (Å²) >= 11 is 13.1. The molecule has 47 heavy (non-hydrogen) atoms. The number of ether oxygens (including phenoxy) is 2. The van der Waals surface area contributed by atoms with Crippen molar-refractivity contribution in [3.63, 3.8) is 0 Å². The first kappa shape index (κ1) is 35.3. The van der Waals surface area contributed by atoms with Gasteiger partial charge in [0.05, 0.1) is 29.2 Å².